The van der Waals surface area contributed by atoms with Gasteiger partial charge in [-0.1, -0.05) is 12.1 Å². The normalized spacial score (nSPS) is 20.1. The first-order valence-electron chi connectivity index (χ1n) is 21.1. The molecule has 0 spiro atoms. The fraction of sp³-hybridized carbons (Fsp3) is 0.432. The molecule has 14 nitrogen and oxygen atoms in total. The quantitative estimate of drug-likeness (QED) is 0.117. The lowest BCUT2D eigenvalue weighted by Crippen LogP contribution is -2.43. The van der Waals surface area contributed by atoms with Crippen LogP contribution < -0.4 is 31.3 Å². The van der Waals surface area contributed by atoms with Gasteiger partial charge < -0.3 is 40.1 Å². The van der Waals surface area contributed by atoms with Crippen LogP contribution in [0.5, 0.6) is 0 Å². The Labute approximate surface area is 364 Å². The molecule has 4 atom stereocenters. The van der Waals surface area contributed by atoms with Gasteiger partial charge in [0.05, 0.1) is 67.1 Å². The van der Waals surface area contributed by atoms with Crippen molar-refractivity contribution in [3.63, 3.8) is 0 Å². The summed E-state index contributed by atoms with van der Waals surface area (Å²) >= 11 is 0. The van der Waals surface area contributed by atoms with Gasteiger partial charge in [0, 0.05) is 56.7 Å². The molecule has 1 saturated carbocycles. The minimum atomic E-state index is -4.64. The average molecular weight is 892 g/mol. The highest BCUT2D eigenvalue weighted by molar-refractivity contribution is 5.89. The van der Waals surface area contributed by atoms with Crippen LogP contribution in [0, 0.1) is 0 Å². The van der Waals surface area contributed by atoms with Gasteiger partial charge in [0.25, 0.3) is 5.56 Å². The number of anilines is 5. The molecule has 4 aliphatic rings. The van der Waals surface area contributed by atoms with E-state index in [-0.39, 0.29) is 23.3 Å². The van der Waals surface area contributed by atoms with Crippen molar-refractivity contribution < 1.29 is 35.8 Å². The van der Waals surface area contributed by atoms with Crippen molar-refractivity contribution in [2.75, 3.05) is 84.9 Å². The van der Waals surface area contributed by atoms with Crippen LogP contribution in [0.1, 0.15) is 60.2 Å². The second kappa shape index (κ2) is 17.1. The molecule has 0 radical (unpaired) electrons. The zero-order valence-corrected chi connectivity index (χ0v) is 35.3. The van der Waals surface area contributed by atoms with Crippen molar-refractivity contribution in [1.29, 1.82) is 0 Å². The van der Waals surface area contributed by atoms with E-state index in [9.17, 15) is 31.1 Å². The number of morpholine rings is 2. The molecular formula is C44H47F6N11O3. The second-order valence-corrected chi connectivity index (χ2v) is 16.5. The van der Waals surface area contributed by atoms with E-state index >= 15 is 0 Å². The third-order valence-electron chi connectivity index (χ3n) is 12.2. The molecule has 3 aromatic heterocycles. The van der Waals surface area contributed by atoms with Crippen LogP contribution >= 0.6 is 0 Å². The Morgan fingerprint density at radius 2 is 1.39 bits per heavy atom. The summed E-state index contributed by atoms with van der Waals surface area (Å²) in [5.74, 6) is 1.41. The van der Waals surface area contributed by atoms with Crippen LogP contribution in [0.4, 0.5) is 55.2 Å². The number of rotatable bonds is 11. The molecule has 64 heavy (non-hydrogen) atoms. The average Bonchev–Trinajstić information content (AvgIpc) is 4.06. The zero-order valence-electron chi connectivity index (χ0n) is 35.3. The van der Waals surface area contributed by atoms with Crippen molar-refractivity contribution >= 4 is 45.9 Å². The van der Waals surface area contributed by atoms with Crippen LogP contribution in [0.25, 0.3) is 17.1 Å². The zero-order chi connectivity index (χ0) is 44.9. The van der Waals surface area contributed by atoms with Crippen LogP contribution in [-0.2, 0) is 28.9 Å². The van der Waals surface area contributed by atoms with E-state index in [1.165, 1.54) is 23.3 Å². The number of halogens is 6. The first kappa shape index (κ1) is 43.1. The Morgan fingerprint density at radius 3 is 2.11 bits per heavy atom. The number of alkyl halides is 6. The van der Waals surface area contributed by atoms with Crippen LogP contribution in [-0.4, -0.2) is 101 Å². The molecule has 3 N–H and O–H groups in total. The number of benzene rings is 2. The molecule has 338 valence electrons. The molecule has 9 rings (SSSR count). The fourth-order valence-corrected chi connectivity index (χ4v) is 8.64. The Hall–Kier alpha value is -6.15. The number of hydrogen-bond donors (Lipinski definition) is 3. The molecule has 2 aromatic carbocycles. The molecule has 6 heterocycles. The number of pyridine rings is 1. The third-order valence-corrected chi connectivity index (χ3v) is 12.2. The number of fused-ring (bicyclic) bond motifs is 2. The Balaban J connectivity index is 0.982. The summed E-state index contributed by atoms with van der Waals surface area (Å²) in [5, 5.41) is 10.5. The van der Waals surface area contributed by atoms with Crippen molar-refractivity contribution in [3.8, 4) is 0 Å². The number of nitrogens with zero attached hydrogens (tertiary/aromatic N) is 8. The van der Waals surface area contributed by atoms with Gasteiger partial charge in [0.1, 0.15) is 41.4 Å². The number of aromatic nitrogens is 5. The molecule has 0 amide bonds. The van der Waals surface area contributed by atoms with E-state index in [0.29, 0.717) is 116 Å². The summed E-state index contributed by atoms with van der Waals surface area (Å²) in [6, 6.07) is 9.19. The second-order valence-electron chi connectivity index (χ2n) is 16.5. The maximum Gasteiger partial charge on any atom is 0.416 e. The monoisotopic (exact) mass is 891 g/mol. The van der Waals surface area contributed by atoms with E-state index in [0.717, 1.165) is 30.0 Å². The highest BCUT2D eigenvalue weighted by Gasteiger charge is 2.45. The first-order chi connectivity index (χ1) is 30.6. The maximum absolute atomic E-state index is 14.6. The van der Waals surface area contributed by atoms with E-state index in [1.807, 2.05) is 11.0 Å². The van der Waals surface area contributed by atoms with E-state index < -0.39 is 35.6 Å². The third kappa shape index (κ3) is 8.84. The summed E-state index contributed by atoms with van der Waals surface area (Å²) in [7, 11) is 1.63. The van der Waals surface area contributed by atoms with Gasteiger partial charge in [-0.15, -0.1) is 0 Å². The molecule has 0 bridgehead atoms. The number of ether oxygens (including phenoxy) is 2. The number of hydrogen-bond acceptors (Lipinski definition) is 13. The van der Waals surface area contributed by atoms with E-state index in [4.69, 9.17) is 9.47 Å². The van der Waals surface area contributed by atoms with Crippen molar-refractivity contribution in [2.24, 2.45) is 7.05 Å². The van der Waals surface area contributed by atoms with Crippen molar-refractivity contribution in [1.82, 2.24) is 29.4 Å². The smallest absolute Gasteiger partial charge is 0.380 e. The first-order valence-corrected chi connectivity index (χ1v) is 21.1. The molecule has 3 fully saturated rings. The summed E-state index contributed by atoms with van der Waals surface area (Å²) in [6.07, 6.45) is -3.82. The predicted molar refractivity (Wildman–Crippen MR) is 230 cm³/mol. The van der Waals surface area contributed by atoms with Crippen LogP contribution in [0.2, 0.25) is 0 Å². The SMILES string of the molecule is C[C@@H](Nc1ncnc2c1C=C(N1CCOCC1)CN2C1CC1Nc1cc([C@@H](C)Nc2ncnc3c2cc(N2CCOCC2)c(=O)n3C)cc(C(F)(F)F)c1)c1cccc(C(F)(F)F)c1. The molecule has 20 heteroatoms. The summed E-state index contributed by atoms with van der Waals surface area (Å²) in [4.78, 5) is 37.6. The Kier molecular flexibility index (Phi) is 11.5. The van der Waals surface area contributed by atoms with Crippen LogP contribution in [0.15, 0.2) is 71.7 Å². The maximum atomic E-state index is 14.6. The summed E-state index contributed by atoms with van der Waals surface area (Å²) in [6.45, 7) is 8.36. The topological polar surface area (TPSA) is 138 Å². The van der Waals surface area contributed by atoms with Gasteiger partial charge >= 0.3 is 12.4 Å². The standard InChI is InChI=1S/C44H47F6N11O3/c1-25(27-5-4-6-29(15-27)43(45,46)47)55-38-33-19-32(59-7-11-63-12-8-59)22-61(41(33)54-24-52-38)36-21-35(36)57-31-17-28(16-30(18-31)44(48,49)50)26(2)56-39-34-20-37(60-9-13-64-14-10-60)42(62)58(3)40(34)53-23-51-39/h4-6,15-20,23-26,35-36,57H,7-14,21-22H2,1-3H3,(H,51,53,56)(H,52,54,55)/t25-,26-,35?,36?/m1/s1. The molecular weight excluding hydrogens is 845 g/mol. The largest absolute Gasteiger partial charge is 0.416 e. The van der Waals surface area contributed by atoms with Gasteiger partial charge in [0.15, 0.2) is 0 Å². The Bertz CT molecular complexity index is 2630. The van der Waals surface area contributed by atoms with Gasteiger partial charge in [-0.05, 0) is 73.9 Å². The lowest BCUT2D eigenvalue weighted by molar-refractivity contribution is -0.138. The van der Waals surface area contributed by atoms with E-state index in [1.54, 1.807) is 39.1 Å². The lowest BCUT2D eigenvalue weighted by Gasteiger charge is -2.38. The molecule has 2 unspecified atom stereocenters. The summed E-state index contributed by atoms with van der Waals surface area (Å²) in [5.41, 5.74) is 1.76. The summed E-state index contributed by atoms with van der Waals surface area (Å²) < 4.78 is 97.0. The molecule has 5 aromatic rings. The lowest BCUT2D eigenvalue weighted by atomic mass is 10.0. The number of nitrogens with one attached hydrogen (secondary N) is 3. The molecule has 1 aliphatic carbocycles. The minimum absolute atomic E-state index is 0.166. The van der Waals surface area contributed by atoms with Crippen LogP contribution in [0.3, 0.4) is 0 Å². The predicted octanol–water partition coefficient (Wildman–Crippen LogP) is 7.09. The van der Waals surface area contributed by atoms with Gasteiger partial charge in [-0.2, -0.15) is 26.3 Å². The number of aryl methyl sites for hydroxylation is 1. The van der Waals surface area contributed by atoms with E-state index in [2.05, 4.69) is 45.7 Å². The highest BCUT2D eigenvalue weighted by Crippen LogP contribution is 2.43. The molecule has 3 aliphatic heterocycles. The van der Waals surface area contributed by atoms with Crippen molar-refractivity contribution in [2.45, 2.75) is 56.8 Å². The molecule has 2 saturated heterocycles. The Morgan fingerprint density at radius 1 is 0.750 bits per heavy atom. The van der Waals surface area contributed by atoms with Gasteiger partial charge in [-0.25, -0.2) is 19.9 Å². The minimum Gasteiger partial charge on any atom is -0.380 e. The highest BCUT2D eigenvalue weighted by atomic mass is 19.4. The van der Waals surface area contributed by atoms with Crippen molar-refractivity contribution in [3.05, 3.63) is 105 Å². The van der Waals surface area contributed by atoms with Gasteiger partial charge in [0.2, 0.25) is 0 Å². The fourth-order valence-electron chi connectivity index (χ4n) is 8.64. The van der Waals surface area contributed by atoms with Gasteiger partial charge in [-0.3, -0.25) is 9.36 Å².